The third-order valence-electron chi connectivity index (χ3n) is 6.07. The number of hydrogen-bond acceptors (Lipinski definition) is 5. The van der Waals surface area contributed by atoms with Gasteiger partial charge < -0.3 is 10.2 Å². The molecule has 0 aromatic heterocycles. The highest BCUT2D eigenvalue weighted by Crippen LogP contribution is 2.30. The van der Waals surface area contributed by atoms with Crippen molar-refractivity contribution in [3.05, 3.63) is 34.9 Å². The van der Waals surface area contributed by atoms with Gasteiger partial charge in [0.2, 0.25) is 11.8 Å². The van der Waals surface area contributed by atoms with E-state index in [2.05, 4.69) is 28.5 Å². The molecule has 2 saturated heterocycles. The van der Waals surface area contributed by atoms with Crippen molar-refractivity contribution in [2.75, 3.05) is 19.6 Å². The van der Waals surface area contributed by atoms with Crippen LogP contribution < -0.4 is 10.6 Å². The first-order valence-electron chi connectivity index (χ1n) is 10.3. The van der Waals surface area contributed by atoms with Gasteiger partial charge in [-0.15, -0.1) is 0 Å². The SMILES string of the molecule is CCNC1CCCN(Cc2cccc3c2CN(C2CCC(=O)NC2=O)C3=O)C1. The van der Waals surface area contributed by atoms with Gasteiger partial charge in [-0.25, -0.2) is 0 Å². The van der Waals surface area contributed by atoms with Crippen LogP contribution in [0.25, 0.3) is 0 Å². The summed E-state index contributed by atoms with van der Waals surface area (Å²) in [5.41, 5.74) is 2.89. The summed E-state index contributed by atoms with van der Waals surface area (Å²) in [4.78, 5) is 40.7. The van der Waals surface area contributed by atoms with Crippen LogP contribution in [0.1, 0.15) is 54.1 Å². The highest BCUT2D eigenvalue weighted by Gasteiger charge is 2.39. The molecule has 28 heavy (non-hydrogen) atoms. The molecule has 4 rings (SSSR count). The number of carbonyl (C=O) groups is 3. The third kappa shape index (κ3) is 3.69. The molecule has 2 N–H and O–H groups in total. The molecule has 0 radical (unpaired) electrons. The fourth-order valence-corrected chi connectivity index (χ4v) is 4.69. The zero-order valence-corrected chi connectivity index (χ0v) is 16.4. The Labute approximate surface area is 165 Å². The molecule has 0 saturated carbocycles. The molecule has 3 heterocycles. The average molecular weight is 384 g/mol. The molecule has 2 unspecified atom stereocenters. The van der Waals surface area contributed by atoms with Gasteiger partial charge in [0, 0.05) is 37.7 Å². The van der Waals surface area contributed by atoms with Crippen LogP contribution in [0.5, 0.6) is 0 Å². The summed E-state index contributed by atoms with van der Waals surface area (Å²) >= 11 is 0. The van der Waals surface area contributed by atoms with Crippen LogP contribution >= 0.6 is 0 Å². The van der Waals surface area contributed by atoms with E-state index in [9.17, 15) is 14.4 Å². The average Bonchev–Trinajstić information content (AvgIpc) is 3.00. The summed E-state index contributed by atoms with van der Waals surface area (Å²) in [6.45, 7) is 6.47. The molecular formula is C21H28N4O3. The van der Waals surface area contributed by atoms with Crippen LogP contribution in [0.4, 0.5) is 0 Å². The van der Waals surface area contributed by atoms with Crippen LogP contribution in [0.3, 0.4) is 0 Å². The first kappa shape index (κ1) is 19.1. The van der Waals surface area contributed by atoms with Crippen molar-refractivity contribution in [2.24, 2.45) is 0 Å². The van der Waals surface area contributed by atoms with E-state index in [1.807, 2.05) is 12.1 Å². The quantitative estimate of drug-likeness (QED) is 0.741. The molecule has 7 heteroatoms. The van der Waals surface area contributed by atoms with Gasteiger partial charge in [0.05, 0.1) is 0 Å². The van der Waals surface area contributed by atoms with E-state index in [0.29, 0.717) is 24.6 Å². The zero-order valence-electron chi connectivity index (χ0n) is 16.4. The summed E-state index contributed by atoms with van der Waals surface area (Å²) in [6.07, 6.45) is 3.06. The second-order valence-electron chi connectivity index (χ2n) is 7.98. The lowest BCUT2D eigenvalue weighted by Gasteiger charge is -2.33. The number of piperidine rings is 2. The van der Waals surface area contributed by atoms with Crippen molar-refractivity contribution in [3.8, 4) is 0 Å². The number of benzene rings is 1. The minimum absolute atomic E-state index is 0.101. The van der Waals surface area contributed by atoms with Crippen molar-refractivity contribution in [1.29, 1.82) is 0 Å². The molecule has 0 spiro atoms. The molecule has 7 nitrogen and oxygen atoms in total. The number of rotatable bonds is 5. The van der Waals surface area contributed by atoms with Crippen molar-refractivity contribution in [3.63, 3.8) is 0 Å². The van der Waals surface area contributed by atoms with Gasteiger partial charge in [0.1, 0.15) is 6.04 Å². The van der Waals surface area contributed by atoms with Crippen LogP contribution in [-0.2, 0) is 22.7 Å². The normalized spacial score (nSPS) is 25.8. The van der Waals surface area contributed by atoms with E-state index >= 15 is 0 Å². The molecule has 1 aromatic carbocycles. The second-order valence-corrected chi connectivity index (χ2v) is 7.98. The summed E-state index contributed by atoms with van der Waals surface area (Å²) in [7, 11) is 0. The third-order valence-corrected chi connectivity index (χ3v) is 6.07. The van der Waals surface area contributed by atoms with Crippen molar-refractivity contribution < 1.29 is 14.4 Å². The minimum atomic E-state index is -0.557. The van der Waals surface area contributed by atoms with Gasteiger partial charge in [-0.2, -0.15) is 0 Å². The van der Waals surface area contributed by atoms with Gasteiger partial charge in [-0.3, -0.25) is 24.6 Å². The first-order valence-corrected chi connectivity index (χ1v) is 10.3. The smallest absolute Gasteiger partial charge is 0.255 e. The molecular weight excluding hydrogens is 356 g/mol. The Hall–Kier alpha value is -2.25. The predicted molar refractivity (Wildman–Crippen MR) is 104 cm³/mol. The first-order chi connectivity index (χ1) is 13.6. The Bertz CT molecular complexity index is 792. The number of amides is 3. The predicted octanol–water partition coefficient (Wildman–Crippen LogP) is 1.02. The van der Waals surface area contributed by atoms with Crippen LogP contribution in [0, 0.1) is 0 Å². The summed E-state index contributed by atoms with van der Waals surface area (Å²) in [6, 6.07) is 5.85. The minimum Gasteiger partial charge on any atom is -0.322 e. The summed E-state index contributed by atoms with van der Waals surface area (Å²) < 4.78 is 0. The Morgan fingerprint density at radius 3 is 2.86 bits per heavy atom. The summed E-state index contributed by atoms with van der Waals surface area (Å²) in [5, 5.41) is 5.91. The number of likely N-dealkylation sites (tertiary alicyclic amines) is 1. The van der Waals surface area contributed by atoms with Gasteiger partial charge in [0.15, 0.2) is 0 Å². The van der Waals surface area contributed by atoms with E-state index in [1.54, 1.807) is 4.90 Å². The number of nitrogens with zero attached hydrogens (tertiary/aromatic N) is 2. The van der Waals surface area contributed by atoms with Crippen LogP contribution in [0.15, 0.2) is 18.2 Å². The van der Waals surface area contributed by atoms with Gasteiger partial charge in [-0.05, 0) is 49.5 Å². The molecule has 2 fully saturated rings. The number of fused-ring (bicyclic) bond motifs is 1. The molecule has 0 bridgehead atoms. The standard InChI is InChI=1S/C21H28N4O3/c1-2-22-15-6-4-10-24(12-15)11-14-5-3-7-16-17(14)13-25(21(16)28)18-8-9-19(26)23-20(18)27/h3,5,7,15,18,22H,2,4,6,8-13H2,1H3,(H,23,26,27). The molecule has 3 aliphatic heterocycles. The largest absolute Gasteiger partial charge is 0.322 e. The van der Waals surface area contributed by atoms with E-state index in [0.717, 1.165) is 37.3 Å². The zero-order chi connectivity index (χ0) is 19.7. The molecule has 1 aromatic rings. The second kappa shape index (κ2) is 8.01. The molecule has 2 atom stereocenters. The maximum absolute atomic E-state index is 12.9. The fraction of sp³-hybridized carbons (Fsp3) is 0.571. The monoisotopic (exact) mass is 384 g/mol. The highest BCUT2D eigenvalue weighted by molar-refractivity contribution is 6.05. The molecule has 3 amide bonds. The van der Waals surface area contributed by atoms with E-state index in [4.69, 9.17) is 0 Å². The van der Waals surface area contributed by atoms with Gasteiger partial charge in [0.25, 0.3) is 5.91 Å². The topological polar surface area (TPSA) is 81.8 Å². The Balaban J connectivity index is 1.50. The number of nitrogens with one attached hydrogen (secondary N) is 2. The number of likely N-dealkylation sites (N-methyl/N-ethyl adjacent to an activating group) is 1. The van der Waals surface area contributed by atoms with Crippen LogP contribution in [-0.4, -0.2) is 59.2 Å². The van der Waals surface area contributed by atoms with Crippen molar-refractivity contribution >= 4 is 17.7 Å². The molecule has 0 aliphatic carbocycles. The molecule has 150 valence electrons. The Morgan fingerprint density at radius 2 is 2.07 bits per heavy atom. The van der Waals surface area contributed by atoms with Gasteiger partial charge >= 0.3 is 0 Å². The van der Waals surface area contributed by atoms with Crippen LogP contribution in [0.2, 0.25) is 0 Å². The highest BCUT2D eigenvalue weighted by atomic mass is 16.2. The number of hydrogen-bond donors (Lipinski definition) is 2. The Morgan fingerprint density at radius 1 is 1.21 bits per heavy atom. The lowest BCUT2D eigenvalue weighted by molar-refractivity contribution is -0.136. The number of imide groups is 1. The number of carbonyl (C=O) groups excluding carboxylic acids is 3. The van der Waals surface area contributed by atoms with Gasteiger partial charge in [-0.1, -0.05) is 19.1 Å². The lowest BCUT2D eigenvalue weighted by Crippen LogP contribution is -2.52. The Kier molecular flexibility index (Phi) is 5.46. The summed E-state index contributed by atoms with van der Waals surface area (Å²) in [5.74, 6) is -0.717. The lowest BCUT2D eigenvalue weighted by atomic mass is 10.0. The van der Waals surface area contributed by atoms with Crippen molar-refractivity contribution in [1.82, 2.24) is 20.4 Å². The fourth-order valence-electron chi connectivity index (χ4n) is 4.69. The van der Waals surface area contributed by atoms with E-state index in [-0.39, 0.29) is 24.1 Å². The van der Waals surface area contributed by atoms with Crippen molar-refractivity contribution in [2.45, 2.75) is 57.8 Å². The molecule has 3 aliphatic rings. The van der Waals surface area contributed by atoms with E-state index < -0.39 is 6.04 Å². The maximum Gasteiger partial charge on any atom is 0.255 e. The maximum atomic E-state index is 12.9. The van der Waals surface area contributed by atoms with E-state index in [1.165, 1.54) is 12.8 Å².